The van der Waals surface area contributed by atoms with Crippen LogP contribution in [0, 0.1) is 0 Å². The van der Waals surface area contributed by atoms with Crippen LogP contribution in [0.25, 0.3) is 10.9 Å². The normalized spacial score (nSPS) is 20.4. The molecule has 0 saturated carbocycles. The molecule has 18 heavy (non-hydrogen) atoms. The molecule has 1 N–H and O–H groups in total. The summed E-state index contributed by atoms with van der Waals surface area (Å²) in [6.45, 7) is 5.72. The molecular formula is C16H22N2. The highest BCUT2D eigenvalue weighted by molar-refractivity contribution is 5.81. The molecule has 1 atom stereocenters. The fourth-order valence-corrected chi connectivity index (χ4v) is 3.15. The molecule has 0 radical (unpaired) electrons. The number of hydrogen-bond donors (Lipinski definition) is 1. The van der Waals surface area contributed by atoms with Gasteiger partial charge in [-0.2, -0.15) is 0 Å². The second-order valence-corrected chi connectivity index (χ2v) is 5.32. The van der Waals surface area contributed by atoms with Gasteiger partial charge in [-0.1, -0.05) is 25.1 Å². The number of rotatable bonds is 3. The summed E-state index contributed by atoms with van der Waals surface area (Å²) in [6, 6.07) is 11.2. The molecule has 2 aromatic rings. The van der Waals surface area contributed by atoms with Crippen LogP contribution in [0.15, 0.2) is 30.3 Å². The Bertz CT molecular complexity index is 521. The van der Waals surface area contributed by atoms with Crippen molar-refractivity contribution in [2.45, 2.75) is 38.6 Å². The molecule has 0 bridgehead atoms. The first-order valence-electron chi connectivity index (χ1n) is 7.19. The van der Waals surface area contributed by atoms with E-state index in [1.165, 1.54) is 42.4 Å². The molecular weight excluding hydrogens is 220 g/mol. The monoisotopic (exact) mass is 242 g/mol. The van der Waals surface area contributed by atoms with E-state index in [2.05, 4.69) is 47.1 Å². The average molecular weight is 242 g/mol. The van der Waals surface area contributed by atoms with Gasteiger partial charge in [0.25, 0.3) is 0 Å². The summed E-state index contributed by atoms with van der Waals surface area (Å²) in [4.78, 5) is 0. The largest absolute Gasteiger partial charge is 0.344 e. The van der Waals surface area contributed by atoms with Crippen molar-refractivity contribution in [3.63, 3.8) is 0 Å². The van der Waals surface area contributed by atoms with E-state index in [0.717, 1.165) is 13.1 Å². The van der Waals surface area contributed by atoms with Crippen LogP contribution in [0.3, 0.4) is 0 Å². The van der Waals surface area contributed by atoms with E-state index in [1.54, 1.807) is 0 Å². The van der Waals surface area contributed by atoms with E-state index in [4.69, 9.17) is 0 Å². The summed E-state index contributed by atoms with van der Waals surface area (Å²) < 4.78 is 2.53. The third kappa shape index (κ3) is 2.05. The van der Waals surface area contributed by atoms with Crippen LogP contribution >= 0.6 is 0 Å². The lowest BCUT2D eigenvalue weighted by Gasteiger charge is -2.24. The van der Waals surface area contributed by atoms with Gasteiger partial charge in [0, 0.05) is 30.2 Å². The Morgan fingerprint density at radius 2 is 2.22 bits per heavy atom. The number of para-hydroxylation sites is 1. The van der Waals surface area contributed by atoms with Crippen molar-refractivity contribution in [3.8, 4) is 0 Å². The number of aromatic nitrogens is 1. The van der Waals surface area contributed by atoms with Crippen LogP contribution in [0.2, 0.25) is 0 Å². The molecule has 1 aliphatic heterocycles. The molecule has 0 spiro atoms. The minimum Gasteiger partial charge on any atom is -0.344 e. The Morgan fingerprint density at radius 1 is 1.33 bits per heavy atom. The standard InChI is InChI=1S/C16H22N2/c1-2-10-18-15-8-4-3-6-13(15)11-16(18)14-7-5-9-17-12-14/h3-4,6,8,11,14,17H,2,5,7,9-10,12H2,1H3/t14-/m1/s1. The number of benzene rings is 1. The number of piperidine rings is 1. The topological polar surface area (TPSA) is 17.0 Å². The first kappa shape index (κ1) is 11.8. The Balaban J connectivity index is 2.05. The number of hydrogen-bond acceptors (Lipinski definition) is 1. The van der Waals surface area contributed by atoms with Crippen molar-refractivity contribution in [3.05, 3.63) is 36.0 Å². The lowest BCUT2D eigenvalue weighted by molar-refractivity contribution is 0.441. The molecule has 2 heterocycles. The Hall–Kier alpha value is -1.28. The van der Waals surface area contributed by atoms with Gasteiger partial charge in [-0.15, -0.1) is 0 Å². The fraction of sp³-hybridized carbons (Fsp3) is 0.500. The summed E-state index contributed by atoms with van der Waals surface area (Å²) in [7, 11) is 0. The molecule has 1 aromatic heterocycles. The molecule has 1 aliphatic rings. The number of aryl methyl sites for hydroxylation is 1. The summed E-state index contributed by atoms with van der Waals surface area (Å²) in [5.74, 6) is 0.692. The van der Waals surface area contributed by atoms with E-state index in [9.17, 15) is 0 Å². The molecule has 96 valence electrons. The molecule has 1 fully saturated rings. The molecule has 2 heteroatoms. The number of nitrogens with zero attached hydrogens (tertiary/aromatic N) is 1. The lowest BCUT2D eigenvalue weighted by atomic mass is 9.96. The zero-order valence-electron chi connectivity index (χ0n) is 11.2. The first-order valence-corrected chi connectivity index (χ1v) is 7.19. The van der Waals surface area contributed by atoms with E-state index in [-0.39, 0.29) is 0 Å². The Morgan fingerprint density at radius 3 is 3.00 bits per heavy atom. The van der Waals surface area contributed by atoms with Crippen LogP contribution in [0.4, 0.5) is 0 Å². The van der Waals surface area contributed by atoms with E-state index in [0.29, 0.717) is 5.92 Å². The Labute approximate surface area is 109 Å². The van der Waals surface area contributed by atoms with E-state index < -0.39 is 0 Å². The van der Waals surface area contributed by atoms with Crippen LogP contribution in [-0.4, -0.2) is 17.7 Å². The van der Waals surface area contributed by atoms with Gasteiger partial charge < -0.3 is 9.88 Å². The third-order valence-corrected chi connectivity index (χ3v) is 4.00. The van der Waals surface area contributed by atoms with Crippen molar-refractivity contribution in [1.29, 1.82) is 0 Å². The average Bonchev–Trinajstić information content (AvgIpc) is 2.80. The molecule has 2 nitrogen and oxygen atoms in total. The maximum atomic E-state index is 3.53. The first-order chi connectivity index (χ1) is 8.90. The maximum Gasteiger partial charge on any atom is 0.0482 e. The summed E-state index contributed by atoms with van der Waals surface area (Å²) in [5, 5.41) is 4.93. The van der Waals surface area contributed by atoms with Gasteiger partial charge in [0.15, 0.2) is 0 Å². The van der Waals surface area contributed by atoms with Crippen molar-refractivity contribution in [2.24, 2.45) is 0 Å². The van der Waals surface area contributed by atoms with Crippen LogP contribution in [0.5, 0.6) is 0 Å². The molecule has 1 saturated heterocycles. The number of fused-ring (bicyclic) bond motifs is 1. The van der Waals surface area contributed by atoms with Crippen molar-refractivity contribution < 1.29 is 0 Å². The summed E-state index contributed by atoms with van der Waals surface area (Å²) >= 11 is 0. The van der Waals surface area contributed by atoms with Crippen molar-refractivity contribution in [2.75, 3.05) is 13.1 Å². The van der Waals surface area contributed by atoms with Crippen LogP contribution in [-0.2, 0) is 6.54 Å². The van der Waals surface area contributed by atoms with Crippen molar-refractivity contribution in [1.82, 2.24) is 9.88 Å². The van der Waals surface area contributed by atoms with Gasteiger partial charge in [0.05, 0.1) is 0 Å². The van der Waals surface area contributed by atoms with Crippen LogP contribution in [0.1, 0.15) is 37.8 Å². The van der Waals surface area contributed by atoms with E-state index >= 15 is 0 Å². The molecule has 3 rings (SSSR count). The SMILES string of the molecule is CCCn1c([C@@H]2CCCNC2)cc2ccccc21. The van der Waals surface area contributed by atoms with Gasteiger partial charge in [-0.05, 0) is 43.3 Å². The summed E-state index contributed by atoms with van der Waals surface area (Å²) in [6.07, 6.45) is 3.83. The fourth-order valence-electron chi connectivity index (χ4n) is 3.15. The predicted octanol–water partition coefficient (Wildman–Crippen LogP) is 3.52. The minimum absolute atomic E-state index is 0.692. The number of nitrogens with one attached hydrogen (secondary N) is 1. The predicted molar refractivity (Wildman–Crippen MR) is 77.1 cm³/mol. The lowest BCUT2D eigenvalue weighted by Crippen LogP contribution is -2.29. The van der Waals surface area contributed by atoms with Crippen molar-refractivity contribution >= 4 is 10.9 Å². The minimum atomic E-state index is 0.692. The Kier molecular flexibility index (Phi) is 3.37. The van der Waals surface area contributed by atoms with E-state index in [1.807, 2.05) is 0 Å². The zero-order valence-corrected chi connectivity index (χ0v) is 11.2. The summed E-state index contributed by atoms with van der Waals surface area (Å²) in [5.41, 5.74) is 2.94. The van der Waals surface area contributed by atoms with Gasteiger partial charge in [0.1, 0.15) is 0 Å². The second-order valence-electron chi connectivity index (χ2n) is 5.32. The smallest absolute Gasteiger partial charge is 0.0482 e. The molecule has 0 unspecified atom stereocenters. The van der Waals surface area contributed by atoms with Gasteiger partial charge in [-0.25, -0.2) is 0 Å². The maximum absolute atomic E-state index is 3.53. The van der Waals surface area contributed by atoms with Gasteiger partial charge in [0.2, 0.25) is 0 Å². The van der Waals surface area contributed by atoms with Gasteiger partial charge >= 0.3 is 0 Å². The molecule has 0 aliphatic carbocycles. The van der Waals surface area contributed by atoms with Crippen LogP contribution < -0.4 is 5.32 Å². The molecule has 0 amide bonds. The highest BCUT2D eigenvalue weighted by Gasteiger charge is 2.19. The second kappa shape index (κ2) is 5.15. The zero-order chi connectivity index (χ0) is 12.4. The van der Waals surface area contributed by atoms with Gasteiger partial charge in [-0.3, -0.25) is 0 Å². The highest BCUT2D eigenvalue weighted by atomic mass is 15.0. The highest BCUT2D eigenvalue weighted by Crippen LogP contribution is 2.29. The quantitative estimate of drug-likeness (QED) is 0.871. The third-order valence-electron chi connectivity index (χ3n) is 4.00. The molecule has 1 aromatic carbocycles.